The van der Waals surface area contributed by atoms with Gasteiger partial charge in [0.15, 0.2) is 0 Å². The van der Waals surface area contributed by atoms with E-state index >= 15 is 0 Å². The molecule has 1 heterocycles. The fourth-order valence-electron chi connectivity index (χ4n) is 2.75. The van der Waals surface area contributed by atoms with Gasteiger partial charge in [-0.25, -0.2) is 0 Å². The maximum absolute atomic E-state index is 11.3. The molecule has 0 saturated carbocycles. The summed E-state index contributed by atoms with van der Waals surface area (Å²) >= 11 is 0. The Morgan fingerprint density at radius 2 is 2.28 bits per heavy atom. The Bertz CT molecular complexity index is 434. The van der Waals surface area contributed by atoms with Crippen molar-refractivity contribution in [1.29, 1.82) is 0 Å². The van der Waals surface area contributed by atoms with Crippen LogP contribution in [0.1, 0.15) is 29.4 Å². The number of aliphatic carboxylic acids is 1. The van der Waals surface area contributed by atoms with Crippen molar-refractivity contribution < 1.29 is 9.90 Å². The van der Waals surface area contributed by atoms with E-state index in [0.29, 0.717) is 5.92 Å². The third-order valence-electron chi connectivity index (χ3n) is 3.74. The van der Waals surface area contributed by atoms with Gasteiger partial charge in [-0.15, -0.1) is 0 Å². The fourth-order valence-corrected chi connectivity index (χ4v) is 2.75. The first-order valence-corrected chi connectivity index (χ1v) is 6.33. The van der Waals surface area contributed by atoms with Crippen molar-refractivity contribution in [3.05, 3.63) is 35.4 Å². The molecular formula is C14H20N2O2. The molecule has 0 bridgehead atoms. The molecule has 98 valence electrons. The number of carboxylic acids is 1. The third-order valence-corrected chi connectivity index (χ3v) is 3.74. The van der Waals surface area contributed by atoms with Crippen LogP contribution in [0.4, 0.5) is 0 Å². The monoisotopic (exact) mass is 248 g/mol. The molecule has 3 N–H and O–H groups in total. The molecule has 0 spiro atoms. The molecule has 0 aliphatic carbocycles. The van der Waals surface area contributed by atoms with Crippen molar-refractivity contribution in [3.8, 4) is 0 Å². The third kappa shape index (κ3) is 2.54. The summed E-state index contributed by atoms with van der Waals surface area (Å²) in [6.45, 7) is 2.21. The minimum Gasteiger partial charge on any atom is -0.481 e. The van der Waals surface area contributed by atoms with E-state index in [9.17, 15) is 9.90 Å². The summed E-state index contributed by atoms with van der Waals surface area (Å²) in [7, 11) is 2.10. The van der Waals surface area contributed by atoms with Crippen LogP contribution >= 0.6 is 0 Å². The molecule has 2 unspecified atom stereocenters. The standard InChI is InChI=1S/C14H20N2O2/c1-16-7-6-10(9-16)11-4-2-3-5-12(11)13(8-15)14(17)18/h2-5,10,13H,6-9,15H2,1H3,(H,17,18). The number of likely N-dealkylation sites (tertiary alicyclic amines) is 1. The average molecular weight is 248 g/mol. The smallest absolute Gasteiger partial charge is 0.312 e. The van der Waals surface area contributed by atoms with E-state index in [1.54, 1.807) is 0 Å². The van der Waals surface area contributed by atoms with Gasteiger partial charge < -0.3 is 15.7 Å². The molecular weight excluding hydrogens is 228 g/mol. The minimum atomic E-state index is -0.837. The second-order valence-electron chi connectivity index (χ2n) is 5.00. The fraction of sp³-hybridized carbons (Fsp3) is 0.500. The summed E-state index contributed by atoms with van der Waals surface area (Å²) in [5.41, 5.74) is 7.64. The van der Waals surface area contributed by atoms with Crippen LogP contribution in [0, 0.1) is 0 Å². The molecule has 18 heavy (non-hydrogen) atoms. The van der Waals surface area contributed by atoms with E-state index in [1.807, 2.05) is 24.3 Å². The molecule has 2 atom stereocenters. The van der Waals surface area contributed by atoms with E-state index in [-0.39, 0.29) is 6.54 Å². The largest absolute Gasteiger partial charge is 0.481 e. The lowest BCUT2D eigenvalue weighted by atomic mass is 9.87. The van der Waals surface area contributed by atoms with E-state index in [0.717, 1.165) is 30.6 Å². The predicted octanol–water partition coefficient (Wildman–Crippen LogP) is 1.23. The summed E-state index contributed by atoms with van der Waals surface area (Å²) < 4.78 is 0. The number of rotatable bonds is 4. The Morgan fingerprint density at radius 3 is 2.83 bits per heavy atom. The molecule has 1 aromatic carbocycles. The second-order valence-corrected chi connectivity index (χ2v) is 5.00. The first kappa shape index (κ1) is 13.1. The molecule has 0 aromatic heterocycles. The van der Waals surface area contributed by atoms with Crippen molar-refractivity contribution in [1.82, 2.24) is 4.90 Å². The van der Waals surface area contributed by atoms with Crippen molar-refractivity contribution in [3.63, 3.8) is 0 Å². The summed E-state index contributed by atoms with van der Waals surface area (Å²) in [6, 6.07) is 7.82. The quantitative estimate of drug-likeness (QED) is 0.841. The Morgan fingerprint density at radius 1 is 1.56 bits per heavy atom. The van der Waals surface area contributed by atoms with E-state index in [1.165, 1.54) is 0 Å². The molecule has 1 fully saturated rings. The molecule has 1 saturated heterocycles. The number of nitrogens with two attached hydrogens (primary N) is 1. The van der Waals surface area contributed by atoms with Gasteiger partial charge >= 0.3 is 5.97 Å². The van der Waals surface area contributed by atoms with Crippen LogP contribution in [0.5, 0.6) is 0 Å². The molecule has 4 nitrogen and oxygen atoms in total. The maximum atomic E-state index is 11.3. The minimum absolute atomic E-state index is 0.148. The van der Waals surface area contributed by atoms with Crippen molar-refractivity contribution >= 4 is 5.97 Å². The van der Waals surface area contributed by atoms with Crippen LogP contribution < -0.4 is 5.73 Å². The van der Waals surface area contributed by atoms with Gasteiger partial charge in [0.1, 0.15) is 0 Å². The van der Waals surface area contributed by atoms with Crippen LogP contribution in [0.15, 0.2) is 24.3 Å². The van der Waals surface area contributed by atoms with E-state index < -0.39 is 11.9 Å². The average Bonchev–Trinajstić information content (AvgIpc) is 2.77. The zero-order chi connectivity index (χ0) is 13.1. The zero-order valence-electron chi connectivity index (χ0n) is 10.7. The van der Waals surface area contributed by atoms with E-state index in [4.69, 9.17) is 5.73 Å². The van der Waals surface area contributed by atoms with Gasteiger partial charge in [0.05, 0.1) is 5.92 Å². The van der Waals surface area contributed by atoms with Crippen LogP contribution in [0.3, 0.4) is 0 Å². The molecule has 0 radical (unpaired) electrons. The summed E-state index contributed by atoms with van der Waals surface area (Å²) in [5.74, 6) is -0.997. The summed E-state index contributed by atoms with van der Waals surface area (Å²) in [5, 5.41) is 9.26. The normalized spacial score (nSPS) is 22.0. The first-order chi connectivity index (χ1) is 8.63. The summed E-state index contributed by atoms with van der Waals surface area (Å²) in [4.78, 5) is 13.5. The number of hydrogen-bond acceptors (Lipinski definition) is 3. The first-order valence-electron chi connectivity index (χ1n) is 6.33. The van der Waals surface area contributed by atoms with Gasteiger partial charge in [-0.2, -0.15) is 0 Å². The highest BCUT2D eigenvalue weighted by Gasteiger charge is 2.27. The highest BCUT2D eigenvalue weighted by molar-refractivity contribution is 5.77. The van der Waals surface area contributed by atoms with Crippen LogP contribution in [0.25, 0.3) is 0 Å². The Balaban J connectivity index is 2.33. The van der Waals surface area contributed by atoms with Gasteiger partial charge in [-0.1, -0.05) is 24.3 Å². The van der Waals surface area contributed by atoms with Crippen LogP contribution in [-0.4, -0.2) is 42.7 Å². The zero-order valence-corrected chi connectivity index (χ0v) is 10.7. The number of hydrogen-bond donors (Lipinski definition) is 2. The maximum Gasteiger partial charge on any atom is 0.312 e. The van der Waals surface area contributed by atoms with Gasteiger partial charge in [-0.3, -0.25) is 4.79 Å². The lowest BCUT2D eigenvalue weighted by Gasteiger charge is -2.19. The van der Waals surface area contributed by atoms with Gasteiger partial charge in [-0.05, 0) is 37.1 Å². The Hall–Kier alpha value is -1.39. The molecule has 2 rings (SSSR count). The molecule has 1 aliphatic heterocycles. The number of likely N-dealkylation sites (N-methyl/N-ethyl adjacent to an activating group) is 1. The van der Waals surface area contributed by atoms with Crippen molar-refractivity contribution in [2.24, 2.45) is 5.73 Å². The van der Waals surface area contributed by atoms with Crippen molar-refractivity contribution in [2.75, 3.05) is 26.7 Å². The number of benzene rings is 1. The van der Waals surface area contributed by atoms with Gasteiger partial charge in [0.2, 0.25) is 0 Å². The SMILES string of the molecule is CN1CCC(c2ccccc2C(CN)C(=O)O)C1. The molecule has 0 amide bonds. The number of carboxylic acid groups (broad SMARTS) is 1. The van der Waals surface area contributed by atoms with Crippen molar-refractivity contribution in [2.45, 2.75) is 18.3 Å². The molecule has 1 aliphatic rings. The second kappa shape index (κ2) is 5.50. The van der Waals surface area contributed by atoms with Crippen LogP contribution in [0.2, 0.25) is 0 Å². The van der Waals surface area contributed by atoms with Gasteiger partial charge in [0.25, 0.3) is 0 Å². The van der Waals surface area contributed by atoms with E-state index in [2.05, 4.69) is 11.9 Å². The Labute approximate surface area is 107 Å². The van der Waals surface area contributed by atoms with Gasteiger partial charge in [0, 0.05) is 13.1 Å². The number of nitrogens with zero attached hydrogens (tertiary/aromatic N) is 1. The molecule has 1 aromatic rings. The summed E-state index contributed by atoms with van der Waals surface area (Å²) in [6.07, 6.45) is 1.09. The van der Waals surface area contributed by atoms with Crippen LogP contribution in [-0.2, 0) is 4.79 Å². The lowest BCUT2D eigenvalue weighted by Crippen LogP contribution is -2.23. The molecule has 4 heteroatoms. The highest BCUT2D eigenvalue weighted by atomic mass is 16.4. The Kier molecular flexibility index (Phi) is 3.99. The highest BCUT2D eigenvalue weighted by Crippen LogP contribution is 2.32. The predicted molar refractivity (Wildman–Crippen MR) is 70.7 cm³/mol. The topological polar surface area (TPSA) is 66.6 Å². The lowest BCUT2D eigenvalue weighted by molar-refractivity contribution is -0.138. The number of carbonyl (C=O) groups is 1.